The smallest absolute Gasteiger partial charge is 0.00670 e. The van der Waals surface area contributed by atoms with Crippen LogP contribution in [0.5, 0.6) is 0 Å². The fraction of sp³-hybridized carbons (Fsp3) is 1.00. The van der Waals surface area contributed by atoms with Crippen LogP contribution in [0, 0.1) is 17.3 Å². The maximum Gasteiger partial charge on any atom is 0.00670 e. The number of piperidine rings is 1. The number of nitrogens with zero attached hydrogens (tertiary/aromatic N) is 1. The van der Waals surface area contributed by atoms with Crippen LogP contribution < -0.4 is 5.32 Å². The second kappa shape index (κ2) is 19.1. The van der Waals surface area contributed by atoms with E-state index in [1.165, 1.54) is 161 Å². The molecular formula is C33H66N2. The lowest BCUT2D eigenvalue weighted by atomic mass is 9.57. The lowest BCUT2D eigenvalue weighted by molar-refractivity contribution is -0.0198. The Labute approximate surface area is 222 Å². The SMILES string of the molecule is CCCCCCCC(CCCCC)NCCC1CC2(CCN(CC(CCC)CCCCC)CC2)C1. The van der Waals surface area contributed by atoms with Crippen molar-refractivity contribution in [1.29, 1.82) is 0 Å². The second-order valence-corrected chi connectivity index (χ2v) is 12.9. The summed E-state index contributed by atoms with van der Waals surface area (Å²) < 4.78 is 0. The van der Waals surface area contributed by atoms with Gasteiger partial charge in [-0.1, -0.05) is 105 Å². The largest absolute Gasteiger partial charge is 0.314 e. The van der Waals surface area contributed by atoms with Crippen LogP contribution in [0.25, 0.3) is 0 Å². The van der Waals surface area contributed by atoms with Crippen LogP contribution in [0.2, 0.25) is 0 Å². The van der Waals surface area contributed by atoms with Crippen molar-refractivity contribution in [1.82, 2.24) is 10.2 Å². The Morgan fingerprint density at radius 1 is 0.686 bits per heavy atom. The Balaban J connectivity index is 1.60. The van der Waals surface area contributed by atoms with Gasteiger partial charge >= 0.3 is 0 Å². The van der Waals surface area contributed by atoms with Crippen molar-refractivity contribution in [3.63, 3.8) is 0 Å². The Bertz CT molecular complexity index is 473. The van der Waals surface area contributed by atoms with Gasteiger partial charge in [0.2, 0.25) is 0 Å². The number of hydrogen-bond donors (Lipinski definition) is 1. The molecule has 1 aliphatic heterocycles. The normalized spacial score (nSPS) is 20.2. The Kier molecular flexibility index (Phi) is 17.0. The summed E-state index contributed by atoms with van der Waals surface area (Å²) in [6, 6.07) is 0.786. The van der Waals surface area contributed by atoms with Crippen LogP contribution in [0.15, 0.2) is 0 Å². The molecule has 2 heteroatoms. The van der Waals surface area contributed by atoms with Crippen LogP contribution in [-0.4, -0.2) is 37.1 Å². The summed E-state index contributed by atoms with van der Waals surface area (Å²) in [5, 5.41) is 4.01. The van der Waals surface area contributed by atoms with E-state index in [9.17, 15) is 0 Å². The van der Waals surface area contributed by atoms with Crippen molar-refractivity contribution in [2.24, 2.45) is 17.3 Å². The Morgan fingerprint density at radius 2 is 1.26 bits per heavy atom. The quantitative estimate of drug-likeness (QED) is 0.152. The third-order valence-electron chi connectivity index (χ3n) is 9.59. The monoisotopic (exact) mass is 491 g/mol. The minimum Gasteiger partial charge on any atom is -0.314 e. The van der Waals surface area contributed by atoms with Gasteiger partial charge in [0.25, 0.3) is 0 Å². The van der Waals surface area contributed by atoms with E-state index >= 15 is 0 Å². The van der Waals surface area contributed by atoms with Crippen LogP contribution >= 0.6 is 0 Å². The zero-order chi connectivity index (χ0) is 25.2. The van der Waals surface area contributed by atoms with Gasteiger partial charge in [0.15, 0.2) is 0 Å². The predicted molar refractivity (Wildman–Crippen MR) is 157 cm³/mol. The van der Waals surface area contributed by atoms with Gasteiger partial charge in [-0.25, -0.2) is 0 Å². The summed E-state index contributed by atoms with van der Waals surface area (Å²) in [7, 11) is 0. The van der Waals surface area contributed by atoms with Crippen LogP contribution in [0.4, 0.5) is 0 Å². The summed E-state index contributed by atoms with van der Waals surface area (Å²) in [6.45, 7) is 14.8. The van der Waals surface area contributed by atoms with Gasteiger partial charge in [-0.3, -0.25) is 0 Å². The van der Waals surface area contributed by atoms with Gasteiger partial charge in [-0.05, 0) is 94.7 Å². The predicted octanol–water partition coefficient (Wildman–Crippen LogP) is 9.76. The molecule has 2 aliphatic rings. The molecule has 0 bridgehead atoms. The standard InChI is InChI=1S/C33H66N2/c1-5-9-12-13-16-20-32(19-15-11-7-3)34-24-21-31-27-33(28-31)22-25-35(26-23-33)29-30(17-8-4)18-14-10-6-2/h30-32,34H,5-29H2,1-4H3. The molecule has 1 saturated heterocycles. The van der Waals surface area contributed by atoms with E-state index in [4.69, 9.17) is 0 Å². The first-order chi connectivity index (χ1) is 17.1. The third-order valence-corrected chi connectivity index (χ3v) is 9.59. The molecule has 1 aliphatic carbocycles. The average molecular weight is 491 g/mol. The molecule has 1 saturated carbocycles. The fourth-order valence-electron chi connectivity index (χ4n) is 7.25. The Morgan fingerprint density at radius 3 is 1.89 bits per heavy atom. The second-order valence-electron chi connectivity index (χ2n) is 12.9. The lowest BCUT2D eigenvalue weighted by Gasteiger charge is -2.53. The molecule has 1 heterocycles. The first-order valence-electron chi connectivity index (χ1n) is 16.6. The molecule has 0 amide bonds. The molecular weight excluding hydrogens is 424 g/mol. The molecule has 0 aromatic carbocycles. The number of unbranched alkanes of at least 4 members (excludes halogenated alkanes) is 8. The van der Waals surface area contributed by atoms with E-state index in [1.54, 1.807) is 0 Å². The summed E-state index contributed by atoms with van der Waals surface area (Å²) in [6.07, 6.45) is 30.1. The van der Waals surface area contributed by atoms with Crippen molar-refractivity contribution in [2.45, 2.75) is 169 Å². The van der Waals surface area contributed by atoms with Crippen molar-refractivity contribution in [2.75, 3.05) is 26.2 Å². The maximum atomic E-state index is 4.01. The topological polar surface area (TPSA) is 15.3 Å². The van der Waals surface area contributed by atoms with Gasteiger partial charge in [-0.15, -0.1) is 0 Å². The molecule has 2 unspecified atom stereocenters. The molecule has 35 heavy (non-hydrogen) atoms. The maximum absolute atomic E-state index is 4.01. The number of nitrogens with one attached hydrogen (secondary N) is 1. The van der Waals surface area contributed by atoms with Crippen molar-refractivity contribution >= 4 is 0 Å². The highest BCUT2D eigenvalue weighted by Gasteiger charge is 2.45. The van der Waals surface area contributed by atoms with Crippen LogP contribution in [0.1, 0.15) is 163 Å². The summed E-state index contributed by atoms with van der Waals surface area (Å²) >= 11 is 0. The zero-order valence-corrected chi connectivity index (χ0v) is 24.9. The molecule has 2 atom stereocenters. The van der Waals surface area contributed by atoms with Gasteiger partial charge in [0, 0.05) is 12.6 Å². The fourth-order valence-corrected chi connectivity index (χ4v) is 7.25. The molecule has 208 valence electrons. The number of rotatable bonds is 22. The van der Waals surface area contributed by atoms with Gasteiger partial charge < -0.3 is 10.2 Å². The lowest BCUT2D eigenvalue weighted by Crippen LogP contribution is -2.48. The van der Waals surface area contributed by atoms with E-state index in [2.05, 4.69) is 37.9 Å². The highest BCUT2D eigenvalue weighted by molar-refractivity contribution is 4.97. The van der Waals surface area contributed by atoms with Gasteiger partial charge in [0.05, 0.1) is 0 Å². The Hall–Kier alpha value is -0.0800. The first kappa shape index (κ1) is 31.1. The molecule has 0 aromatic rings. The molecule has 2 fully saturated rings. The van der Waals surface area contributed by atoms with Gasteiger partial charge in [-0.2, -0.15) is 0 Å². The van der Waals surface area contributed by atoms with E-state index < -0.39 is 0 Å². The summed E-state index contributed by atoms with van der Waals surface area (Å²) in [4.78, 5) is 2.84. The number of hydrogen-bond acceptors (Lipinski definition) is 2. The molecule has 1 N–H and O–H groups in total. The first-order valence-corrected chi connectivity index (χ1v) is 16.6. The summed E-state index contributed by atoms with van der Waals surface area (Å²) in [5.41, 5.74) is 0.740. The summed E-state index contributed by atoms with van der Waals surface area (Å²) in [5.74, 6) is 1.97. The van der Waals surface area contributed by atoms with Crippen molar-refractivity contribution < 1.29 is 0 Å². The van der Waals surface area contributed by atoms with Gasteiger partial charge in [0.1, 0.15) is 0 Å². The number of likely N-dealkylation sites (tertiary alicyclic amines) is 1. The average Bonchev–Trinajstić information content (AvgIpc) is 2.84. The van der Waals surface area contributed by atoms with E-state index in [0.717, 1.165) is 23.3 Å². The molecule has 0 radical (unpaired) electrons. The van der Waals surface area contributed by atoms with E-state index in [0.29, 0.717) is 0 Å². The highest BCUT2D eigenvalue weighted by Crippen LogP contribution is 2.53. The van der Waals surface area contributed by atoms with Crippen molar-refractivity contribution in [3.8, 4) is 0 Å². The molecule has 2 nitrogen and oxygen atoms in total. The van der Waals surface area contributed by atoms with Crippen LogP contribution in [-0.2, 0) is 0 Å². The third kappa shape index (κ3) is 12.8. The minimum absolute atomic E-state index is 0.740. The van der Waals surface area contributed by atoms with Crippen LogP contribution in [0.3, 0.4) is 0 Å². The minimum atomic E-state index is 0.740. The van der Waals surface area contributed by atoms with E-state index in [-0.39, 0.29) is 0 Å². The zero-order valence-electron chi connectivity index (χ0n) is 24.9. The van der Waals surface area contributed by atoms with E-state index in [1.807, 2.05) is 0 Å². The van der Waals surface area contributed by atoms with Crippen molar-refractivity contribution in [3.05, 3.63) is 0 Å². The molecule has 1 spiro atoms. The highest BCUT2D eigenvalue weighted by atomic mass is 15.1. The molecule has 0 aromatic heterocycles. The molecule has 2 rings (SSSR count).